The summed E-state index contributed by atoms with van der Waals surface area (Å²) in [5.41, 5.74) is 1.02. The molecule has 23 heavy (non-hydrogen) atoms. The molecule has 2 saturated heterocycles. The smallest absolute Gasteiger partial charge is 0.246 e. The highest BCUT2D eigenvalue weighted by atomic mass is 32.1. The van der Waals surface area contributed by atoms with Crippen LogP contribution < -0.4 is 0 Å². The van der Waals surface area contributed by atoms with Gasteiger partial charge in [-0.2, -0.15) is 0 Å². The third-order valence-corrected chi connectivity index (χ3v) is 6.15. The predicted octanol–water partition coefficient (Wildman–Crippen LogP) is 2.81. The number of piperidine rings is 1. The van der Waals surface area contributed by atoms with Crippen LogP contribution in [0.5, 0.6) is 0 Å². The maximum Gasteiger partial charge on any atom is 0.246 e. The van der Waals surface area contributed by atoms with E-state index in [1.165, 1.54) is 9.71 Å². The van der Waals surface area contributed by atoms with Crippen LogP contribution in [0.3, 0.4) is 0 Å². The molecule has 2 aliphatic heterocycles. The van der Waals surface area contributed by atoms with Gasteiger partial charge in [-0.25, -0.2) is 10.0 Å². The summed E-state index contributed by atoms with van der Waals surface area (Å²) in [4.78, 5) is 24.5. The topological polar surface area (TPSA) is 45.7 Å². The van der Waals surface area contributed by atoms with Crippen molar-refractivity contribution in [2.75, 3.05) is 20.2 Å². The number of nitrogens with zero attached hydrogens (tertiary/aromatic N) is 3. The second-order valence-electron chi connectivity index (χ2n) is 6.45. The number of thiazole rings is 1. The van der Waals surface area contributed by atoms with Gasteiger partial charge in [0.05, 0.1) is 29.4 Å². The molecule has 6 heteroatoms. The van der Waals surface area contributed by atoms with Gasteiger partial charge in [-0.3, -0.25) is 14.5 Å². The van der Waals surface area contributed by atoms with E-state index in [0.717, 1.165) is 44.4 Å². The zero-order chi connectivity index (χ0) is 15.9. The lowest BCUT2D eigenvalue weighted by molar-refractivity contribution is -0.202. The first-order valence-corrected chi connectivity index (χ1v) is 8.96. The van der Waals surface area contributed by atoms with Gasteiger partial charge in [0, 0.05) is 19.5 Å². The van der Waals surface area contributed by atoms with Crippen LogP contribution in [0.2, 0.25) is 0 Å². The van der Waals surface area contributed by atoms with E-state index in [0.29, 0.717) is 6.42 Å². The summed E-state index contributed by atoms with van der Waals surface area (Å²) in [5, 5.41) is 2.82. The molecule has 0 N–H and O–H groups in total. The Kier molecular flexibility index (Phi) is 3.83. The van der Waals surface area contributed by atoms with Crippen molar-refractivity contribution < 1.29 is 9.63 Å². The van der Waals surface area contributed by atoms with Crippen LogP contribution in [0.25, 0.3) is 10.2 Å². The Morgan fingerprint density at radius 1 is 1.26 bits per heavy atom. The molecule has 0 bridgehead atoms. The van der Waals surface area contributed by atoms with Gasteiger partial charge in [0.25, 0.3) is 0 Å². The Hall–Kier alpha value is -1.50. The maximum absolute atomic E-state index is 11.9. The van der Waals surface area contributed by atoms with E-state index in [1.807, 2.05) is 6.07 Å². The third-order valence-electron chi connectivity index (χ3n) is 5.13. The third kappa shape index (κ3) is 2.65. The zero-order valence-corrected chi connectivity index (χ0v) is 14.1. The summed E-state index contributed by atoms with van der Waals surface area (Å²) in [5.74, 6) is 0.132. The number of hydrogen-bond acceptors (Lipinski definition) is 5. The van der Waals surface area contributed by atoms with Crippen molar-refractivity contribution in [1.29, 1.82) is 0 Å². The lowest BCUT2D eigenvalue weighted by Gasteiger charge is -2.43. The molecular formula is C17H21N3O2S. The largest absolute Gasteiger partial charge is 0.296 e. The first-order valence-electron chi connectivity index (χ1n) is 8.14. The molecule has 122 valence electrons. The molecule has 5 nitrogen and oxygen atoms in total. The minimum Gasteiger partial charge on any atom is -0.296 e. The Morgan fingerprint density at radius 2 is 2.04 bits per heavy atom. The van der Waals surface area contributed by atoms with E-state index >= 15 is 0 Å². The van der Waals surface area contributed by atoms with Gasteiger partial charge in [0.2, 0.25) is 5.91 Å². The van der Waals surface area contributed by atoms with Crippen molar-refractivity contribution in [3.63, 3.8) is 0 Å². The van der Waals surface area contributed by atoms with E-state index in [-0.39, 0.29) is 11.4 Å². The molecule has 2 fully saturated rings. The average Bonchev–Trinajstić information content (AvgIpc) is 3.10. The van der Waals surface area contributed by atoms with E-state index in [4.69, 9.17) is 9.82 Å². The van der Waals surface area contributed by atoms with Crippen LogP contribution in [0, 0.1) is 0 Å². The first-order chi connectivity index (χ1) is 11.2. The number of para-hydroxylation sites is 1. The molecule has 3 heterocycles. The summed E-state index contributed by atoms with van der Waals surface area (Å²) >= 11 is 1.78. The van der Waals surface area contributed by atoms with Gasteiger partial charge >= 0.3 is 0 Å². The van der Waals surface area contributed by atoms with Crippen LogP contribution in [0.1, 0.15) is 30.7 Å². The van der Waals surface area contributed by atoms with Crippen molar-refractivity contribution in [3.05, 3.63) is 29.3 Å². The number of likely N-dealkylation sites (tertiary alicyclic amines) is 1. The molecule has 2 aromatic rings. The lowest BCUT2D eigenvalue weighted by Crippen LogP contribution is -2.52. The molecule has 1 amide bonds. The van der Waals surface area contributed by atoms with Crippen molar-refractivity contribution in [3.8, 4) is 0 Å². The maximum atomic E-state index is 11.9. The highest BCUT2D eigenvalue weighted by Gasteiger charge is 2.47. The van der Waals surface area contributed by atoms with Gasteiger partial charge in [0.15, 0.2) is 0 Å². The fourth-order valence-corrected chi connectivity index (χ4v) is 4.87. The van der Waals surface area contributed by atoms with Crippen LogP contribution in [-0.4, -0.2) is 46.6 Å². The quantitative estimate of drug-likeness (QED) is 0.868. The lowest BCUT2D eigenvalue weighted by atomic mass is 9.86. The number of rotatable bonds is 3. The normalized spacial score (nSPS) is 21.6. The molecule has 0 unspecified atom stereocenters. The fraction of sp³-hybridized carbons (Fsp3) is 0.529. The van der Waals surface area contributed by atoms with Crippen molar-refractivity contribution in [2.45, 2.75) is 37.8 Å². The number of fused-ring (bicyclic) bond motifs is 1. The summed E-state index contributed by atoms with van der Waals surface area (Å²) in [7, 11) is 1.61. The Labute approximate surface area is 139 Å². The molecule has 2 aliphatic rings. The molecule has 1 aromatic heterocycles. The Morgan fingerprint density at radius 3 is 2.78 bits per heavy atom. The standard InChI is InChI=1S/C17H21N3O2S/c1-22-20-16(21)6-7-17(20)8-10-19(11-9-17)12-15-18-13-4-2-3-5-14(13)23-15/h2-5H,6-12H2,1H3. The summed E-state index contributed by atoms with van der Waals surface area (Å²) in [6.45, 7) is 2.88. The van der Waals surface area contributed by atoms with Crippen LogP contribution >= 0.6 is 11.3 Å². The van der Waals surface area contributed by atoms with Crippen molar-refractivity contribution in [1.82, 2.24) is 14.9 Å². The minimum atomic E-state index is -0.0735. The van der Waals surface area contributed by atoms with Gasteiger partial charge in [-0.15, -0.1) is 11.3 Å². The van der Waals surface area contributed by atoms with Crippen LogP contribution in [0.15, 0.2) is 24.3 Å². The number of hydroxylamine groups is 2. The molecule has 1 aromatic carbocycles. The second-order valence-corrected chi connectivity index (χ2v) is 7.56. The number of hydrogen-bond donors (Lipinski definition) is 0. The summed E-state index contributed by atoms with van der Waals surface area (Å²) < 4.78 is 1.25. The van der Waals surface area contributed by atoms with Crippen LogP contribution in [0.4, 0.5) is 0 Å². The molecule has 0 radical (unpaired) electrons. The summed E-state index contributed by atoms with van der Waals surface area (Å²) in [6, 6.07) is 8.29. The van der Waals surface area contributed by atoms with E-state index in [9.17, 15) is 4.79 Å². The average molecular weight is 331 g/mol. The van der Waals surface area contributed by atoms with Gasteiger partial charge in [-0.1, -0.05) is 12.1 Å². The SMILES string of the molecule is CON1C(=O)CCC12CCN(Cc1nc3ccccc3s1)CC2. The van der Waals surface area contributed by atoms with Crippen LogP contribution in [-0.2, 0) is 16.2 Å². The highest BCUT2D eigenvalue weighted by Crippen LogP contribution is 2.39. The number of carbonyl (C=O) groups excluding carboxylic acids is 1. The van der Waals surface area contributed by atoms with Gasteiger partial charge in [-0.05, 0) is 31.4 Å². The number of aromatic nitrogens is 1. The molecular weight excluding hydrogens is 310 g/mol. The summed E-state index contributed by atoms with van der Waals surface area (Å²) in [6.07, 6.45) is 3.51. The van der Waals surface area contributed by atoms with Gasteiger partial charge < -0.3 is 0 Å². The molecule has 0 atom stereocenters. The molecule has 1 spiro atoms. The monoisotopic (exact) mass is 331 g/mol. The predicted molar refractivity (Wildman–Crippen MR) is 90.0 cm³/mol. The van der Waals surface area contributed by atoms with E-state index < -0.39 is 0 Å². The Balaban J connectivity index is 1.42. The number of amides is 1. The highest BCUT2D eigenvalue weighted by molar-refractivity contribution is 7.18. The Bertz CT molecular complexity index is 688. The van der Waals surface area contributed by atoms with Gasteiger partial charge in [0.1, 0.15) is 5.01 Å². The molecule has 0 saturated carbocycles. The minimum absolute atomic E-state index is 0.0735. The number of benzene rings is 1. The van der Waals surface area contributed by atoms with Crippen molar-refractivity contribution in [2.24, 2.45) is 0 Å². The first kappa shape index (κ1) is 15.1. The molecule has 4 rings (SSSR count). The zero-order valence-electron chi connectivity index (χ0n) is 13.3. The fourth-order valence-electron chi connectivity index (χ4n) is 3.86. The van der Waals surface area contributed by atoms with E-state index in [1.54, 1.807) is 23.5 Å². The van der Waals surface area contributed by atoms with Crippen molar-refractivity contribution >= 4 is 27.5 Å². The molecule has 0 aliphatic carbocycles. The second kappa shape index (κ2) is 5.85. The number of carbonyl (C=O) groups is 1. The van der Waals surface area contributed by atoms with E-state index in [2.05, 4.69) is 23.1 Å².